The molecule has 4 rings (SSSR count). The summed E-state index contributed by atoms with van der Waals surface area (Å²) in [5.74, 6) is 0.489. The molecule has 2 heterocycles. The van der Waals surface area contributed by atoms with Crippen LogP contribution in [0, 0.1) is 0 Å². The van der Waals surface area contributed by atoms with E-state index in [2.05, 4.69) is 38.1 Å². The van der Waals surface area contributed by atoms with Crippen molar-refractivity contribution < 1.29 is 13.2 Å². The Hall–Kier alpha value is -2.45. The molecule has 0 aliphatic heterocycles. The zero-order chi connectivity index (χ0) is 20.6. The summed E-state index contributed by atoms with van der Waals surface area (Å²) in [5, 5.41) is 3.88. The number of halogens is 4. The monoisotopic (exact) mass is 477 g/mol. The van der Waals surface area contributed by atoms with E-state index in [4.69, 9.17) is 0 Å². The molecule has 0 spiro atoms. The van der Waals surface area contributed by atoms with Gasteiger partial charge in [-0.05, 0) is 42.3 Å². The second-order valence-corrected chi connectivity index (χ2v) is 8.37. The van der Waals surface area contributed by atoms with E-state index in [-0.39, 0.29) is 0 Å². The molecule has 0 aliphatic rings. The van der Waals surface area contributed by atoms with Crippen molar-refractivity contribution in [3.63, 3.8) is 0 Å². The fraction of sp³-hybridized carbons (Fsp3) is 0.143. The zero-order valence-corrected chi connectivity index (χ0v) is 17.6. The molecule has 0 fully saturated rings. The fourth-order valence-corrected chi connectivity index (χ4v) is 4.52. The van der Waals surface area contributed by atoms with Crippen LogP contribution in [0.4, 0.5) is 24.7 Å². The molecule has 0 saturated heterocycles. The largest absolute Gasteiger partial charge is 0.416 e. The summed E-state index contributed by atoms with van der Waals surface area (Å²) in [7, 11) is 0. The second-order valence-electron chi connectivity index (χ2n) is 6.37. The maximum absolute atomic E-state index is 13.1. The minimum atomic E-state index is -4.40. The van der Waals surface area contributed by atoms with Gasteiger partial charge in [-0.15, -0.1) is 11.3 Å². The van der Waals surface area contributed by atoms with E-state index in [0.29, 0.717) is 11.5 Å². The van der Waals surface area contributed by atoms with E-state index in [1.807, 2.05) is 24.3 Å². The number of thiophene rings is 1. The Morgan fingerprint density at radius 1 is 1.07 bits per heavy atom. The predicted octanol–water partition coefficient (Wildman–Crippen LogP) is 7.45. The number of aromatic nitrogens is 2. The van der Waals surface area contributed by atoms with E-state index < -0.39 is 11.7 Å². The van der Waals surface area contributed by atoms with Crippen LogP contribution in [0.2, 0.25) is 0 Å². The van der Waals surface area contributed by atoms with Crippen molar-refractivity contribution in [3.8, 4) is 11.1 Å². The zero-order valence-electron chi connectivity index (χ0n) is 15.2. The molecule has 148 valence electrons. The summed E-state index contributed by atoms with van der Waals surface area (Å²) in [6.45, 7) is 2.07. The molecule has 4 aromatic rings. The number of hydrogen-bond donors (Lipinski definition) is 1. The predicted molar refractivity (Wildman–Crippen MR) is 115 cm³/mol. The van der Waals surface area contributed by atoms with Gasteiger partial charge in [0.15, 0.2) is 0 Å². The number of nitrogens with one attached hydrogen (secondary N) is 1. The Balaban J connectivity index is 1.86. The first-order valence-corrected chi connectivity index (χ1v) is 10.4. The van der Waals surface area contributed by atoms with Crippen LogP contribution in [-0.4, -0.2) is 9.97 Å². The molecule has 0 saturated carbocycles. The van der Waals surface area contributed by atoms with Gasteiger partial charge in [-0.1, -0.05) is 41.1 Å². The number of rotatable bonds is 4. The van der Waals surface area contributed by atoms with Crippen molar-refractivity contribution in [2.45, 2.75) is 19.5 Å². The molecule has 0 bridgehead atoms. The van der Waals surface area contributed by atoms with Crippen LogP contribution in [-0.2, 0) is 12.6 Å². The van der Waals surface area contributed by atoms with Gasteiger partial charge >= 0.3 is 6.18 Å². The van der Waals surface area contributed by atoms with Crippen LogP contribution in [0.15, 0.2) is 59.3 Å². The van der Waals surface area contributed by atoms with Gasteiger partial charge in [-0.25, -0.2) is 9.97 Å². The van der Waals surface area contributed by atoms with E-state index >= 15 is 0 Å². The van der Waals surface area contributed by atoms with E-state index in [1.54, 1.807) is 17.4 Å². The highest BCUT2D eigenvalue weighted by Gasteiger charge is 2.30. The van der Waals surface area contributed by atoms with E-state index in [1.165, 1.54) is 12.4 Å². The van der Waals surface area contributed by atoms with Crippen molar-refractivity contribution in [1.29, 1.82) is 0 Å². The van der Waals surface area contributed by atoms with Gasteiger partial charge in [0.25, 0.3) is 0 Å². The lowest BCUT2D eigenvalue weighted by Gasteiger charge is -2.12. The average Bonchev–Trinajstić information content (AvgIpc) is 3.08. The number of anilines is 2. The summed E-state index contributed by atoms with van der Waals surface area (Å²) in [5.41, 5.74) is 1.64. The smallest absolute Gasteiger partial charge is 0.340 e. The fourth-order valence-electron chi connectivity index (χ4n) is 3.15. The second kappa shape index (κ2) is 7.76. The van der Waals surface area contributed by atoms with Gasteiger partial charge in [0, 0.05) is 20.6 Å². The van der Waals surface area contributed by atoms with Gasteiger partial charge in [0.1, 0.15) is 17.0 Å². The number of alkyl halides is 3. The quantitative estimate of drug-likeness (QED) is 0.331. The van der Waals surface area contributed by atoms with Gasteiger partial charge in [0.2, 0.25) is 0 Å². The van der Waals surface area contributed by atoms with Crippen LogP contribution in [0.1, 0.15) is 17.4 Å². The molecule has 0 radical (unpaired) electrons. The maximum Gasteiger partial charge on any atom is 0.416 e. The molecule has 3 nitrogen and oxygen atoms in total. The van der Waals surface area contributed by atoms with E-state index in [0.717, 1.165) is 49.2 Å². The Labute approximate surface area is 177 Å². The Morgan fingerprint density at radius 3 is 2.52 bits per heavy atom. The lowest BCUT2D eigenvalue weighted by atomic mass is 10.0. The highest BCUT2D eigenvalue weighted by Crippen LogP contribution is 2.42. The third kappa shape index (κ3) is 4.00. The minimum absolute atomic E-state index is 0.325. The normalized spacial score (nSPS) is 11.8. The van der Waals surface area contributed by atoms with E-state index in [9.17, 15) is 13.2 Å². The van der Waals surface area contributed by atoms with Crippen LogP contribution in [0.5, 0.6) is 0 Å². The standard InChI is InChI=1S/C21H15BrF3N3S/c1-2-16-17(12-6-8-14(22)9-7-12)18-19(26-11-27-20(18)29-16)28-15-5-3-4-13(10-15)21(23,24)25/h3-11H,2H2,1H3,(H,26,27,28). The molecular weight excluding hydrogens is 463 g/mol. The third-order valence-electron chi connectivity index (χ3n) is 4.47. The SMILES string of the molecule is CCc1sc2ncnc(Nc3cccc(C(F)(F)F)c3)c2c1-c1ccc(Br)cc1. The van der Waals surface area contributed by atoms with Gasteiger partial charge in [-0.3, -0.25) is 0 Å². The number of nitrogens with zero attached hydrogens (tertiary/aromatic N) is 2. The summed E-state index contributed by atoms with van der Waals surface area (Å²) in [6.07, 6.45) is -2.16. The van der Waals surface area contributed by atoms with Gasteiger partial charge in [0.05, 0.1) is 10.9 Å². The third-order valence-corrected chi connectivity index (χ3v) is 6.24. The highest BCUT2D eigenvalue weighted by atomic mass is 79.9. The maximum atomic E-state index is 13.1. The minimum Gasteiger partial charge on any atom is -0.340 e. The molecule has 29 heavy (non-hydrogen) atoms. The molecule has 2 aromatic heterocycles. The summed E-state index contributed by atoms with van der Waals surface area (Å²) in [6, 6.07) is 13.0. The van der Waals surface area contributed by atoms with Crippen molar-refractivity contribution >= 4 is 49.0 Å². The lowest BCUT2D eigenvalue weighted by molar-refractivity contribution is -0.137. The van der Waals surface area contributed by atoms with Crippen LogP contribution < -0.4 is 5.32 Å². The molecule has 0 atom stereocenters. The van der Waals surface area contributed by atoms with Gasteiger partial charge < -0.3 is 5.32 Å². The van der Waals surface area contributed by atoms with Crippen LogP contribution in [0.25, 0.3) is 21.3 Å². The first kappa shape index (κ1) is 19.8. The number of fused-ring (bicyclic) bond motifs is 1. The first-order valence-electron chi connectivity index (χ1n) is 8.83. The van der Waals surface area contributed by atoms with Crippen molar-refractivity contribution in [2.75, 3.05) is 5.32 Å². The van der Waals surface area contributed by atoms with Crippen molar-refractivity contribution in [3.05, 3.63) is 69.8 Å². The molecule has 0 amide bonds. The topological polar surface area (TPSA) is 37.8 Å². The lowest BCUT2D eigenvalue weighted by Crippen LogP contribution is -2.05. The van der Waals surface area contributed by atoms with Gasteiger partial charge in [-0.2, -0.15) is 13.2 Å². The van der Waals surface area contributed by atoms with Crippen molar-refractivity contribution in [2.24, 2.45) is 0 Å². The van der Waals surface area contributed by atoms with Crippen molar-refractivity contribution in [1.82, 2.24) is 9.97 Å². The summed E-state index contributed by atoms with van der Waals surface area (Å²) in [4.78, 5) is 10.7. The van der Waals surface area contributed by atoms with Crippen LogP contribution >= 0.6 is 27.3 Å². The Kier molecular flexibility index (Phi) is 5.31. The number of benzene rings is 2. The molecule has 8 heteroatoms. The molecule has 1 N–H and O–H groups in total. The molecule has 2 aromatic carbocycles. The molecular formula is C21H15BrF3N3S. The summed E-state index contributed by atoms with van der Waals surface area (Å²) < 4.78 is 40.2. The number of hydrogen-bond acceptors (Lipinski definition) is 4. The first-order chi connectivity index (χ1) is 13.9. The molecule has 0 unspecified atom stereocenters. The average molecular weight is 478 g/mol. The Bertz CT molecular complexity index is 1170. The highest BCUT2D eigenvalue weighted by molar-refractivity contribution is 9.10. The van der Waals surface area contributed by atoms with Crippen LogP contribution in [0.3, 0.4) is 0 Å². The number of aryl methyl sites for hydroxylation is 1. The molecule has 0 aliphatic carbocycles. The summed E-state index contributed by atoms with van der Waals surface area (Å²) >= 11 is 5.02. The Morgan fingerprint density at radius 2 is 1.83 bits per heavy atom.